The van der Waals surface area contributed by atoms with Gasteiger partial charge in [0.05, 0.1) is 13.0 Å². The van der Waals surface area contributed by atoms with Crippen LogP contribution < -0.4 is 4.74 Å². The van der Waals surface area contributed by atoms with Crippen molar-refractivity contribution in [2.24, 2.45) is 17.8 Å². The Morgan fingerprint density at radius 1 is 1.03 bits per heavy atom. The van der Waals surface area contributed by atoms with Crippen molar-refractivity contribution in [3.05, 3.63) is 65.2 Å². The molecule has 1 aliphatic heterocycles. The lowest BCUT2D eigenvalue weighted by Crippen LogP contribution is -2.39. The van der Waals surface area contributed by atoms with Crippen molar-refractivity contribution in [2.75, 3.05) is 19.7 Å². The average molecular weight is 530 g/mol. The molecule has 0 spiro atoms. The van der Waals surface area contributed by atoms with Crippen molar-refractivity contribution < 1.29 is 32.6 Å². The number of hydrogen-bond acceptors (Lipinski definition) is 5. The van der Waals surface area contributed by atoms with Crippen LogP contribution in [0.25, 0.3) is 0 Å². The Morgan fingerprint density at radius 3 is 2.42 bits per heavy atom. The summed E-state index contributed by atoms with van der Waals surface area (Å²) < 4.78 is 45.1. The smallest absolute Gasteiger partial charge is 0.410 e. The van der Waals surface area contributed by atoms with Gasteiger partial charge in [0.25, 0.3) is 0 Å². The van der Waals surface area contributed by atoms with Crippen LogP contribution >= 0.6 is 0 Å². The third-order valence-corrected chi connectivity index (χ3v) is 7.19. The largest absolute Gasteiger partial charge is 0.490 e. The fourth-order valence-corrected chi connectivity index (χ4v) is 5.17. The van der Waals surface area contributed by atoms with Crippen molar-refractivity contribution in [3.8, 4) is 5.75 Å². The number of rotatable bonds is 9. The molecule has 2 aromatic carbocycles. The second-order valence-corrected chi connectivity index (χ2v) is 11.3. The Bertz CT molecular complexity index is 1110. The quantitative estimate of drug-likeness (QED) is 0.357. The number of amides is 1. The number of esters is 1. The Kier molecular flexibility index (Phi) is 8.90. The van der Waals surface area contributed by atoms with Crippen LogP contribution in [-0.2, 0) is 27.3 Å². The van der Waals surface area contributed by atoms with Crippen LogP contribution in [0.4, 0.5) is 13.6 Å². The van der Waals surface area contributed by atoms with Crippen LogP contribution in [0, 0.1) is 29.4 Å². The molecule has 0 bridgehead atoms. The van der Waals surface area contributed by atoms with E-state index in [1.54, 1.807) is 25.7 Å². The molecule has 0 N–H and O–H groups in total. The second kappa shape index (κ2) is 12.1. The van der Waals surface area contributed by atoms with E-state index >= 15 is 0 Å². The van der Waals surface area contributed by atoms with E-state index in [9.17, 15) is 18.4 Å². The van der Waals surface area contributed by atoms with Gasteiger partial charge in [-0.25, -0.2) is 13.6 Å². The first-order chi connectivity index (χ1) is 18.1. The first-order valence-corrected chi connectivity index (χ1v) is 13.4. The molecule has 1 heterocycles. The maximum atomic E-state index is 14.5. The first-order valence-electron chi connectivity index (χ1n) is 13.4. The number of ether oxygens (including phenoxy) is 3. The summed E-state index contributed by atoms with van der Waals surface area (Å²) in [5.74, 6) is -0.502. The van der Waals surface area contributed by atoms with Gasteiger partial charge in [-0.3, -0.25) is 4.79 Å². The summed E-state index contributed by atoms with van der Waals surface area (Å²) in [7, 11) is 0. The maximum absolute atomic E-state index is 14.5. The summed E-state index contributed by atoms with van der Waals surface area (Å²) in [5.41, 5.74) is 0.223. The minimum atomic E-state index is -0.693. The van der Waals surface area contributed by atoms with Gasteiger partial charge >= 0.3 is 12.1 Å². The van der Waals surface area contributed by atoms with Crippen molar-refractivity contribution in [1.29, 1.82) is 0 Å². The molecule has 1 amide bonds. The Morgan fingerprint density at radius 2 is 1.74 bits per heavy atom. The van der Waals surface area contributed by atoms with E-state index in [4.69, 9.17) is 14.2 Å². The molecular formula is C30H37F2NO5. The number of benzene rings is 2. The number of likely N-dealkylation sites (tertiary alicyclic amines) is 1. The molecule has 0 aromatic heterocycles. The minimum Gasteiger partial charge on any atom is -0.490 e. The molecule has 2 aromatic rings. The first kappa shape index (κ1) is 27.9. The molecule has 1 saturated carbocycles. The lowest BCUT2D eigenvalue weighted by atomic mass is 9.91. The molecule has 2 fully saturated rings. The molecule has 1 unspecified atom stereocenters. The van der Waals surface area contributed by atoms with Gasteiger partial charge in [-0.1, -0.05) is 30.3 Å². The third kappa shape index (κ3) is 7.92. The van der Waals surface area contributed by atoms with Crippen molar-refractivity contribution >= 4 is 12.1 Å². The molecule has 206 valence electrons. The number of piperidine rings is 1. The zero-order valence-electron chi connectivity index (χ0n) is 22.4. The van der Waals surface area contributed by atoms with E-state index < -0.39 is 23.2 Å². The molecule has 2 aliphatic rings. The second-order valence-electron chi connectivity index (χ2n) is 11.3. The van der Waals surface area contributed by atoms with E-state index in [-0.39, 0.29) is 30.4 Å². The van der Waals surface area contributed by atoms with Crippen LogP contribution in [0.3, 0.4) is 0 Å². The van der Waals surface area contributed by atoms with Gasteiger partial charge in [0.1, 0.15) is 18.0 Å². The van der Waals surface area contributed by atoms with Crippen LogP contribution in [0.1, 0.15) is 57.6 Å². The van der Waals surface area contributed by atoms with Gasteiger partial charge in [-0.2, -0.15) is 0 Å². The summed E-state index contributed by atoms with van der Waals surface area (Å²) in [6.45, 7) is 7.12. The van der Waals surface area contributed by atoms with E-state index in [0.717, 1.165) is 43.4 Å². The average Bonchev–Trinajstić information content (AvgIpc) is 3.64. The van der Waals surface area contributed by atoms with Crippen LogP contribution in [-0.4, -0.2) is 42.3 Å². The molecule has 4 rings (SSSR count). The minimum absolute atomic E-state index is 0.0540. The number of hydrogen-bond donors (Lipinski definition) is 0. The topological polar surface area (TPSA) is 65.1 Å². The van der Waals surface area contributed by atoms with Crippen LogP contribution in [0.2, 0.25) is 0 Å². The highest BCUT2D eigenvalue weighted by Gasteiger charge is 2.43. The highest BCUT2D eigenvalue weighted by molar-refractivity contribution is 5.73. The van der Waals surface area contributed by atoms with Gasteiger partial charge in [0, 0.05) is 24.7 Å². The number of carbonyl (C=O) groups excluding carboxylic acids is 2. The van der Waals surface area contributed by atoms with Gasteiger partial charge in [0.15, 0.2) is 11.6 Å². The predicted octanol–water partition coefficient (Wildman–Crippen LogP) is 6.30. The zero-order valence-corrected chi connectivity index (χ0v) is 22.4. The van der Waals surface area contributed by atoms with E-state index in [1.807, 2.05) is 30.3 Å². The Labute approximate surface area is 223 Å². The molecule has 1 saturated heterocycles. The lowest BCUT2D eigenvalue weighted by molar-refractivity contribution is -0.154. The molecule has 38 heavy (non-hydrogen) atoms. The van der Waals surface area contributed by atoms with Gasteiger partial charge < -0.3 is 19.1 Å². The van der Waals surface area contributed by atoms with Gasteiger partial charge in [0.2, 0.25) is 0 Å². The Hall–Kier alpha value is -3.16. The summed E-state index contributed by atoms with van der Waals surface area (Å²) in [5, 5.41) is 0. The number of halogens is 2. The standard InChI is InChI=1S/C30H37F2NO5/c1-30(2,3)38-28(34)17-23-16-26(32)27(18-25(23)31)36-14-11-22-15-24(22)21-9-12-33(13-10-21)29(35)37-19-20-7-5-4-6-8-20/h4-8,16,18,21-22,24H,9-15,17,19H2,1-3H3/t22-,24?/m1/s1. The maximum Gasteiger partial charge on any atom is 0.410 e. The molecule has 8 heteroatoms. The predicted molar refractivity (Wildman–Crippen MR) is 139 cm³/mol. The summed E-state index contributed by atoms with van der Waals surface area (Å²) >= 11 is 0. The summed E-state index contributed by atoms with van der Waals surface area (Å²) in [4.78, 5) is 26.1. The normalized spacial score (nSPS) is 19.7. The highest BCUT2D eigenvalue weighted by Crippen LogP contribution is 2.49. The fourth-order valence-electron chi connectivity index (χ4n) is 5.17. The molecule has 6 nitrogen and oxygen atoms in total. The van der Waals surface area contributed by atoms with Crippen LogP contribution in [0.5, 0.6) is 5.75 Å². The number of nitrogens with zero attached hydrogens (tertiary/aromatic N) is 1. The lowest BCUT2D eigenvalue weighted by Gasteiger charge is -2.31. The molecular weight excluding hydrogens is 492 g/mol. The summed E-state index contributed by atoms with van der Waals surface area (Å²) in [6, 6.07) is 11.7. The molecule has 0 radical (unpaired) electrons. The van der Waals surface area contributed by atoms with Crippen LogP contribution in [0.15, 0.2) is 42.5 Å². The highest BCUT2D eigenvalue weighted by atomic mass is 19.1. The van der Waals surface area contributed by atoms with Crippen molar-refractivity contribution in [1.82, 2.24) is 4.90 Å². The van der Waals surface area contributed by atoms with E-state index in [2.05, 4.69) is 0 Å². The fraction of sp³-hybridized carbons (Fsp3) is 0.533. The van der Waals surface area contributed by atoms with Crippen molar-refractivity contribution in [2.45, 2.75) is 65.1 Å². The van der Waals surface area contributed by atoms with E-state index in [0.29, 0.717) is 37.5 Å². The Balaban J connectivity index is 1.15. The molecule has 1 aliphatic carbocycles. The van der Waals surface area contributed by atoms with Gasteiger partial charge in [-0.15, -0.1) is 0 Å². The SMILES string of the molecule is CC(C)(C)OC(=O)Cc1cc(F)c(OCC[C@@H]2CC2C2CCN(C(=O)OCc3ccccc3)CC2)cc1F. The number of carbonyl (C=O) groups is 2. The summed E-state index contributed by atoms with van der Waals surface area (Å²) in [6.07, 6.45) is 3.15. The monoisotopic (exact) mass is 529 g/mol. The van der Waals surface area contributed by atoms with E-state index in [1.165, 1.54) is 0 Å². The molecule has 2 atom stereocenters. The van der Waals surface area contributed by atoms with Gasteiger partial charge in [-0.05, 0) is 75.8 Å². The zero-order chi connectivity index (χ0) is 27.3. The third-order valence-electron chi connectivity index (χ3n) is 7.19. The van der Waals surface area contributed by atoms with Crippen molar-refractivity contribution in [3.63, 3.8) is 0 Å².